The third kappa shape index (κ3) is 4.91. The number of halogens is 3. The molecule has 2 aromatic carbocycles. The maximum Gasteiger partial charge on any atom is 0.339 e. The number of benzene rings is 2. The lowest BCUT2D eigenvalue weighted by Crippen LogP contribution is -2.30. The SMILES string of the molecule is Cc1c(F)c(F)c(C(=O)O)c(C2=C3C=CC(=[N+]4CCCC4)C=C3P(=O)(OC(C)(C)C)c3cc(N4CCCC4)ccc32)c1F. The molecule has 43 heavy (non-hydrogen) atoms. The van der Waals surface area contributed by atoms with Crippen molar-refractivity contribution in [2.75, 3.05) is 31.1 Å². The molecule has 4 aliphatic rings. The summed E-state index contributed by atoms with van der Waals surface area (Å²) in [4.78, 5) is 14.6. The number of fused-ring (bicyclic) bond motifs is 2. The molecule has 2 saturated heterocycles. The van der Waals surface area contributed by atoms with Gasteiger partial charge < -0.3 is 14.5 Å². The molecule has 3 aliphatic heterocycles. The van der Waals surface area contributed by atoms with Crippen LogP contribution in [0.5, 0.6) is 0 Å². The molecule has 0 saturated carbocycles. The minimum atomic E-state index is -3.91. The Bertz CT molecular complexity index is 1740. The number of allylic oxidation sites excluding steroid dienone is 5. The summed E-state index contributed by atoms with van der Waals surface area (Å²) in [7, 11) is -3.91. The topological polar surface area (TPSA) is 69.8 Å². The first kappa shape index (κ1) is 29.6. The summed E-state index contributed by atoms with van der Waals surface area (Å²) in [5, 5.41) is 10.6. The van der Waals surface area contributed by atoms with Crippen LogP contribution in [0.25, 0.3) is 5.57 Å². The van der Waals surface area contributed by atoms with E-state index in [9.17, 15) is 14.3 Å². The van der Waals surface area contributed by atoms with Crippen LogP contribution >= 0.6 is 7.37 Å². The van der Waals surface area contributed by atoms with Crippen LogP contribution in [0.3, 0.4) is 0 Å². The largest absolute Gasteiger partial charge is 0.478 e. The van der Waals surface area contributed by atoms with Gasteiger partial charge in [0.2, 0.25) is 5.71 Å². The van der Waals surface area contributed by atoms with Gasteiger partial charge in [-0.15, -0.1) is 0 Å². The molecule has 0 aromatic heterocycles. The zero-order chi connectivity index (χ0) is 30.8. The van der Waals surface area contributed by atoms with E-state index >= 15 is 13.3 Å². The van der Waals surface area contributed by atoms with Crippen molar-refractivity contribution in [1.82, 2.24) is 0 Å². The van der Waals surface area contributed by atoms with Gasteiger partial charge in [0, 0.05) is 60.5 Å². The van der Waals surface area contributed by atoms with Crippen molar-refractivity contribution >= 4 is 35.6 Å². The fourth-order valence-electron chi connectivity index (χ4n) is 6.54. The van der Waals surface area contributed by atoms with Crippen LogP contribution in [0.4, 0.5) is 18.9 Å². The first-order chi connectivity index (χ1) is 20.3. The highest BCUT2D eigenvalue weighted by molar-refractivity contribution is 7.71. The minimum Gasteiger partial charge on any atom is -0.478 e. The van der Waals surface area contributed by atoms with Crippen LogP contribution in [0.15, 0.2) is 47.3 Å². The molecule has 2 fully saturated rings. The Hall–Kier alpha value is -3.42. The molecule has 6 rings (SSSR count). The summed E-state index contributed by atoms with van der Waals surface area (Å²) in [6.45, 7) is 9.76. The number of anilines is 1. The Morgan fingerprint density at radius 1 is 1.00 bits per heavy atom. The van der Waals surface area contributed by atoms with Gasteiger partial charge in [0.15, 0.2) is 11.6 Å². The average Bonchev–Trinajstić information content (AvgIpc) is 3.69. The fraction of sp³-hybridized carbons (Fsp3) is 0.394. The molecule has 226 valence electrons. The van der Waals surface area contributed by atoms with Crippen molar-refractivity contribution < 1.29 is 36.7 Å². The van der Waals surface area contributed by atoms with Gasteiger partial charge in [-0.2, -0.15) is 0 Å². The average molecular weight is 612 g/mol. The van der Waals surface area contributed by atoms with Crippen molar-refractivity contribution in [2.45, 2.75) is 59.0 Å². The van der Waals surface area contributed by atoms with Crippen molar-refractivity contribution in [3.63, 3.8) is 0 Å². The van der Waals surface area contributed by atoms with Crippen molar-refractivity contribution in [3.8, 4) is 0 Å². The van der Waals surface area contributed by atoms with E-state index in [1.807, 2.05) is 12.1 Å². The zero-order valence-corrected chi connectivity index (χ0v) is 25.7. The highest BCUT2D eigenvalue weighted by Crippen LogP contribution is 2.65. The third-order valence-corrected chi connectivity index (χ3v) is 11.3. The van der Waals surface area contributed by atoms with E-state index in [1.54, 1.807) is 45.1 Å². The summed E-state index contributed by atoms with van der Waals surface area (Å²) in [6.07, 6.45) is 9.31. The normalized spacial score (nSPS) is 21.8. The number of aromatic carboxylic acids is 1. The van der Waals surface area contributed by atoms with Gasteiger partial charge in [-0.05, 0) is 69.9 Å². The standard InChI is InChI=1S/C33H34F3N2O4P/c1-19-29(34)27(28(32(39)40)31(36)30(19)35)26-22-11-9-20(37-13-5-6-14-37)17-24(22)43(41,42-33(2,3)4)25-18-21(10-12-23(25)26)38-15-7-8-16-38/h9-12,17-18H,5-8,13-16H2,1-4H3/p+1. The molecule has 1 atom stereocenters. The fourth-order valence-corrected chi connectivity index (χ4v) is 9.37. The van der Waals surface area contributed by atoms with E-state index in [1.165, 1.54) is 0 Å². The maximum absolute atomic E-state index is 16.1. The summed E-state index contributed by atoms with van der Waals surface area (Å²) < 4.78 is 70.4. The summed E-state index contributed by atoms with van der Waals surface area (Å²) >= 11 is 0. The molecule has 10 heteroatoms. The van der Waals surface area contributed by atoms with E-state index in [2.05, 4.69) is 9.48 Å². The van der Waals surface area contributed by atoms with Crippen LogP contribution in [0, 0.1) is 24.4 Å². The van der Waals surface area contributed by atoms with Crippen LogP contribution < -0.4 is 10.2 Å². The van der Waals surface area contributed by atoms with E-state index in [-0.39, 0.29) is 27.3 Å². The quantitative estimate of drug-likeness (QED) is 0.230. The number of carbonyl (C=O) groups is 1. The highest BCUT2D eigenvalue weighted by atomic mass is 31.2. The summed E-state index contributed by atoms with van der Waals surface area (Å²) in [5.41, 5.74) is -0.954. The number of nitrogens with zero attached hydrogens (tertiary/aromatic N) is 2. The van der Waals surface area contributed by atoms with Gasteiger partial charge in [-0.1, -0.05) is 6.07 Å². The first-order valence-corrected chi connectivity index (χ1v) is 16.3. The molecule has 1 N–H and O–H groups in total. The summed E-state index contributed by atoms with van der Waals surface area (Å²) in [5.74, 6) is -6.17. The molecular formula is C33H35F3N2O4P+. The molecule has 1 aliphatic carbocycles. The van der Waals surface area contributed by atoms with Crippen LogP contribution in [-0.4, -0.2) is 53.1 Å². The maximum atomic E-state index is 16.1. The van der Waals surface area contributed by atoms with E-state index in [4.69, 9.17) is 4.52 Å². The van der Waals surface area contributed by atoms with Gasteiger partial charge in [0.05, 0.1) is 16.2 Å². The van der Waals surface area contributed by atoms with Crippen molar-refractivity contribution in [1.29, 1.82) is 0 Å². The lowest BCUT2D eigenvalue weighted by molar-refractivity contribution is -0.504. The summed E-state index contributed by atoms with van der Waals surface area (Å²) in [6, 6.07) is 5.28. The smallest absolute Gasteiger partial charge is 0.339 e. The molecule has 3 heterocycles. The lowest BCUT2D eigenvalue weighted by Gasteiger charge is -2.37. The van der Waals surface area contributed by atoms with Gasteiger partial charge in [0.25, 0.3) is 7.37 Å². The molecule has 2 aromatic rings. The van der Waals surface area contributed by atoms with E-state index in [0.29, 0.717) is 0 Å². The second-order valence-corrected chi connectivity index (χ2v) is 14.8. The Balaban J connectivity index is 1.75. The Kier molecular flexibility index (Phi) is 7.33. The molecule has 0 bridgehead atoms. The first-order valence-electron chi connectivity index (χ1n) is 14.7. The number of carboxylic acid groups (broad SMARTS) is 1. The Morgan fingerprint density at radius 2 is 1.67 bits per heavy atom. The van der Waals surface area contributed by atoms with Gasteiger partial charge in [0.1, 0.15) is 24.5 Å². The molecule has 0 amide bonds. The van der Waals surface area contributed by atoms with Gasteiger partial charge >= 0.3 is 5.97 Å². The molecule has 0 spiro atoms. The Morgan fingerprint density at radius 3 is 2.30 bits per heavy atom. The number of hydrogen-bond acceptors (Lipinski definition) is 4. The van der Waals surface area contributed by atoms with E-state index in [0.717, 1.165) is 70.2 Å². The van der Waals surface area contributed by atoms with Crippen molar-refractivity contribution in [3.05, 3.63) is 87.0 Å². The minimum absolute atomic E-state index is 0.0480. The molecule has 1 unspecified atom stereocenters. The van der Waals surface area contributed by atoms with Crippen LogP contribution in [-0.2, 0) is 9.09 Å². The highest BCUT2D eigenvalue weighted by Gasteiger charge is 2.47. The van der Waals surface area contributed by atoms with Crippen molar-refractivity contribution in [2.24, 2.45) is 0 Å². The third-order valence-electron chi connectivity index (χ3n) is 8.48. The van der Waals surface area contributed by atoms with Gasteiger partial charge in [-0.25, -0.2) is 22.5 Å². The predicted octanol–water partition coefficient (Wildman–Crippen LogP) is 6.95. The predicted molar refractivity (Wildman–Crippen MR) is 161 cm³/mol. The van der Waals surface area contributed by atoms with E-state index < -0.39 is 53.1 Å². The monoisotopic (exact) mass is 611 g/mol. The van der Waals surface area contributed by atoms with Gasteiger partial charge in [-0.3, -0.25) is 4.57 Å². The molecule has 0 radical (unpaired) electrons. The second-order valence-electron chi connectivity index (χ2n) is 12.5. The number of rotatable bonds is 4. The van der Waals surface area contributed by atoms with Crippen LogP contribution in [0.2, 0.25) is 0 Å². The zero-order valence-electron chi connectivity index (χ0n) is 24.8. The van der Waals surface area contributed by atoms with Crippen LogP contribution in [0.1, 0.15) is 73.5 Å². The molecule has 6 nitrogen and oxygen atoms in total. The number of carboxylic acids is 1. The lowest BCUT2D eigenvalue weighted by atomic mass is 9.85. The number of hydrogen-bond donors (Lipinski definition) is 1. The molecular weight excluding hydrogens is 576 g/mol. The second kappa shape index (κ2) is 10.6. The Labute approximate surface area is 249 Å².